The lowest BCUT2D eigenvalue weighted by molar-refractivity contribution is -0.115. The van der Waals surface area contributed by atoms with E-state index < -0.39 is 0 Å². The van der Waals surface area contributed by atoms with Crippen molar-refractivity contribution in [2.75, 3.05) is 0 Å². The van der Waals surface area contributed by atoms with Gasteiger partial charge in [-0.05, 0) is 104 Å². The highest BCUT2D eigenvalue weighted by molar-refractivity contribution is 5.52. The molecule has 0 radical (unpaired) electrons. The molecule has 2 heteroatoms. The van der Waals surface area contributed by atoms with Gasteiger partial charge in [0.25, 0.3) is 0 Å². The molecule has 4 saturated carbocycles. The number of aldehydes is 1. The van der Waals surface area contributed by atoms with E-state index >= 15 is 0 Å². The Labute approximate surface area is 178 Å². The predicted octanol–water partition coefficient (Wildman–Crippen LogP) is 6.66. The first-order valence-electron chi connectivity index (χ1n) is 13.0. The van der Waals surface area contributed by atoms with Gasteiger partial charge < -0.3 is 9.53 Å². The second-order valence-corrected chi connectivity index (χ2v) is 12.5. The zero-order valence-electron chi connectivity index (χ0n) is 19.4. The monoisotopic (exact) mass is 400 g/mol. The third-order valence-electron chi connectivity index (χ3n) is 11.3. The third kappa shape index (κ3) is 3.01. The number of rotatable bonds is 4. The van der Waals surface area contributed by atoms with E-state index in [-0.39, 0.29) is 5.92 Å². The largest absolute Gasteiger partial charge is 0.374 e. The van der Waals surface area contributed by atoms with E-state index in [0.717, 1.165) is 48.7 Å². The van der Waals surface area contributed by atoms with Crippen molar-refractivity contribution in [2.45, 2.75) is 111 Å². The summed E-state index contributed by atoms with van der Waals surface area (Å²) in [7, 11) is 0. The summed E-state index contributed by atoms with van der Waals surface area (Å²) in [6.45, 7) is 9.87. The third-order valence-corrected chi connectivity index (χ3v) is 11.3. The van der Waals surface area contributed by atoms with Gasteiger partial charge in [0.1, 0.15) is 6.29 Å². The summed E-state index contributed by atoms with van der Waals surface area (Å²) in [5, 5.41) is 0. The molecule has 0 aromatic rings. The molecule has 5 fully saturated rings. The van der Waals surface area contributed by atoms with Crippen molar-refractivity contribution < 1.29 is 9.53 Å². The highest BCUT2D eigenvalue weighted by Crippen LogP contribution is 2.70. The Kier molecular flexibility index (Phi) is 5.20. The molecular weight excluding hydrogens is 356 g/mol. The van der Waals surface area contributed by atoms with Crippen molar-refractivity contribution >= 4 is 6.29 Å². The van der Waals surface area contributed by atoms with E-state index in [1.165, 1.54) is 57.8 Å². The van der Waals surface area contributed by atoms with Crippen LogP contribution in [-0.2, 0) is 9.53 Å². The summed E-state index contributed by atoms with van der Waals surface area (Å²) < 4.78 is 6.75. The smallest absolute Gasteiger partial charge is 0.122 e. The summed E-state index contributed by atoms with van der Waals surface area (Å²) in [4.78, 5) is 11.0. The zero-order chi connectivity index (χ0) is 20.4. The molecule has 11 atom stereocenters. The SMILES string of the molecule is CC(C=O)CCC1O[C@H]2C[C@H]3[C@@H]4CCC5CCCC[C@]5(C)[C@H]4CC[C@]3(C)[C@H]2[C@@H]1C. The van der Waals surface area contributed by atoms with E-state index in [0.29, 0.717) is 29.0 Å². The van der Waals surface area contributed by atoms with E-state index in [1.807, 2.05) is 6.92 Å². The molecule has 5 rings (SSSR count). The van der Waals surface area contributed by atoms with Crippen LogP contribution in [0.25, 0.3) is 0 Å². The fourth-order valence-electron chi connectivity index (χ4n) is 9.81. The molecule has 164 valence electrons. The molecule has 2 nitrogen and oxygen atoms in total. The number of carbonyl (C=O) groups is 1. The highest BCUT2D eigenvalue weighted by atomic mass is 16.5. The Balaban J connectivity index is 1.33. The van der Waals surface area contributed by atoms with Gasteiger partial charge in [0.15, 0.2) is 0 Å². The second-order valence-electron chi connectivity index (χ2n) is 12.5. The number of hydrogen-bond donors (Lipinski definition) is 0. The first kappa shape index (κ1) is 20.5. The van der Waals surface area contributed by atoms with Crippen LogP contribution in [0.2, 0.25) is 0 Å². The van der Waals surface area contributed by atoms with Gasteiger partial charge in [-0.3, -0.25) is 0 Å². The van der Waals surface area contributed by atoms with Crippen molar-refractivity contribution in [1.82, 2.24) is 0 Å². The minimum absolute atomic E-state index is 0.177. The van der Waals surface area contributed by atoms with Gasteiger partial charge in [0, 0.05) is 5.92 Å². The maximum absolute atomic E-state index is 11.0. The van der Waals surface area contributed by atoms with Crippen LogP contribution < -0.4 is 0 Å². The standard InChI is InChI=1S/C27H44O2/c1-17(16-28)8-11-23-18(2)25-24(29-23)15-22-20-10-9-19-7-5-6-13-26(19,3)21(20)12-14-27(22,25)4/h16-25H,5-15H2,1-4H3/t17?,18-,19?,20-,21+,22+,23?,24+,25+,26+,27+/m1/s1. The van der Waals surface area contributed by atoms with Gasteiger partial charge in [0.05, 0.1) is 12.2 Å². The number of ether oxygens (including phenoxy) is 1. The first-order valence-corrected chi connectivity index (χ1v) is 13.0. The minimum Gasteiger partial charge on any atom is -0.374 e. The van der Waals surface area contributed by atoms with Gasteiger partial charge >= 0.3 is 0 Å². The topological polar surface area (TPSA) is 26.3 Å². The molecule has 0 aromatic heterocycles. The van der Waals surface area contributed by atoms with Crippen molar-refractivity contribution in [3.05, 3.63) is 0 Å². The predicted molar refractivity (Wildman–Crippen MR) is 118 cm³/mol. The lowest BCUT2D eigenvalue weighted by Gasteiger charge is -2.60. The average molecular weight is 401 g/mol. The Bertz CT molecular complexity index is 630. The van der Waals surface area contributed by atoms with Gasteiger partial charge in [-0.2, -0.15) is 0 Å². The Morgan fingerprint density at radius 1 is 1.03 bits per heavy atom. The average Bonchev–Trinajstić information content (AvgIpc) is 3.19. The maximum Gasteiger partial charge on any atom is 0.122 e. The highest BCUT2D eigenvalue weighted by Gasteiger charge is 2.65. The number of carbonyl (C=O) groups excluding carboxylic acids is 1. The first-order chi connectivity index (χ1) is 13.9. The molecule has 0 spiro atoms. The van der Waals surface area contributed by atoms with E-state index in [9.17, 15) is 4.79 Å². The minimum atomic E-state index is 0.177. The molecule has 1 aliphatic heterocycles. The molecule has 1 saturated heterocycles. The van der Waals surface area contributed by atoms with Crippen LogP contribution in [0.15, 0.2) is 0 Å². The molecule has 0 N–H and O–H groups in total. The fourth-order valence-corrected chi connectivity index (χ4v) is 9.81. The van der Waals surface area contributed by atoms with Crippen LogP contribution in [0.3, 0.4) is 0 Å². The normalized spacial score (nSPS) is 54.8. The quantitative estimate of drug-likeness (QED) is 0.493. The summed E-state index contributed by atoms with van der Waals surface area (Å²) in [5.74, 6) is 5.45. The maximum atomic E-state index is 11.0. The zero-order valence-corrected chi connectivity index (χ0v) is 19.4. The number of fused-ring (bicyclic) bond motifs is 7. The van der Waals surface area contributed by atoms with Crippen LogP contribution in [0.1, 0.15) is 98.3 Å². The van der Waals surface area contributed by atoms with Crippen LogP contribution >= 0.6 is 0 Å². The summed E-state index contributed by atoms with van der Waals surface area (Å²) in [5.41, 5.74) is 1.13. The van der Waals surface area contributed by atoms with Gasteiger partial charge in [-0.1, -0.05) is 40.5 Å². The fraction of sp³-hybridized carbons (Fsp3) is 0.963. The summed E-state index contributed by atoms with van der Waals surface area (Å²) >= 11 is 0. The Morgan fingerprint density at radius 2 is 1.86 bits per heavy atom. The summed E-state index contributed by atoms with van der Waals surface area (Å²) in [6.07, 6.45) is 17.3. The van der Waals surface area contributed by atoms with Crippen LogP contribution in [0.4, 0.5) is 0 Å². The lowest BCUT2D eigenvalue weighted by Crippen LogP contribution is -2.53. The molecule has 0 aromatic carbocycles. The molecular formula is C27H44O2. The van der Waals surface area contributed by atoms with E-state index in [4.69, 9.17) is 4.74 Å². The molecule has 1 heterocycles. The molecule has 0 bridgehead atoms. The van der Waals surface area contributed by atoms with Gasteiger partial charge in [0.2, 0.25) is 0 Å². The molecule has 4 aliphatic carbocycles. The van der Waals surface area contributed by atoms with Gasteiger partial charge in [-0.25, -0.2) is 0 Å². The van der Waals surface area contributed by atoms with E-state index in [1.54, 1.807) is 0 Å². The van der Waals surface area contributed by atoms with E-state index in [2.05, 4.69) is 20.8 Å². The number of hydrogen-bond acceptors (Lipinski definition) is 2. The lowest BCUT2D eigenvalue weighted by atomic mass is 9.44. The van der Waals surface area contributed by atoms with Crippen LogP contribution in [0.5, 0.6) is 0 Å². The molecule has 29 heavy (non-hydrogen) atoms. The van der Waals surface area contributed by atoms with Crippen molar-refractivity contribution in [3.63, 3.8) is 0 Å². The Morgan fingerprint density at radius 3 is 2.66 bits per heavy atom. The van der Waals surface area contributed by atoms with Gasteiger partial charge in [-0.15, -0.1) is 0 Å². The summed E-state index contributed by atoms with van der Waals surface area (Å²) in [6, 6.07) is 0. The van der Waals surface area contributed by atoms with Crippen molar-refractivity contribution in [3.8, 4) is 0 Å². The van der Waals surface area contributed by atoms with Crippen molar-refractivity contribution in [2.24, 2.45) is 52.3 Å². The molecule has 5 aliphatic rings. The second kappa shape index (κ2) is 7.35. The van der Waals surface area contributed by atoms with Crippen molar-refractivity contribution in [1.29, 1.82) is 0 Å². The molecule has 0 amide bonds. The Hall–Kier alpha value is -0.370. The van der Waals surface area contributed by atoms with Crippen LogP contribution in [0, 0.1) is 52.3 Å². The molecule has 3 unspecified atom stereocenters. The van der Waals surface area contributed by atoms with Crippen LogP contribution in [-0.4, -0.2) is 18.5 Å².